The summed E-state index contributed by atoms with van der Waals surface area (Å²) >= 11 is 1.60. The lowest BCUT2D eigenvalue weighted by atomic mass is 10.0. The SMILES string of the molecule is CC(C)Cc1ccc(CCCc2nc(O)c(-c3ccccc3)s2)cc1. The van der Waals surface area contributed by atoms with Crippen LogP contribution in [0.1, 0.15) is 36.4 Å². The van der Waals surface area contributed by atoms with Gasteiger partial charge in [-0.2, -0.15) is 0 Å². The fourth-order valence-corrected chi connectivity index (χ4v) is 4.00. The number of aromatic nitrogens is 1. The molecule has 0 spiro atoms. The van der Waals surface area contributed by atoms with Crippen molar-refractivity contribution < 1.29 is 5.11 Å². The highest BCUT2D eigenvalue weighted by molar-refractivity contribution is 7.15. The minimum absolute atomic E-state index is 0.157. The van der Waals surface area contributed by atoms with Crippen molar-refractivity contribution in [2.24, 2.45) is 5.92 Å². The lowest BCUT2D eigenvalue weighted by molar-refractivity contribution is 0.457. The lowest BCUT2D eigenvalue weighted by Gasteiger charge is -2.06. The number of aromatic hydroxyl groups is 1. The molecular formula is C22H25NOS. The van der Waals surface area contributed by atoms with Gasteiger partial charge < -0.3 is 5.11 Å². The molecule has 25 heavy (non-hydrogen) atoms. The summed E-state index contributed by atoms with van der Waals surface area (Å²) < 4.78 is 0. The van der Waals surface area contributed by atoms with E-state index in [4.69, 9.17) is 0 Å². The second-order valence-corrected chi connectivity index (χ2v) is 7.98. The first kappa shape index (κ1) is 17.7. The zero-order valence-electron chi connectivity index (χ0n) is 14.9. The molecule has 130 valence electrons. The van der Waals surface area contributed by atoms with Crippen molar-refractivity contribution >= 4 is 11.3 Å². The van der Waals surface area contributed by atoms with Crippen molar-refractivity contribution in [2.45, 2.75) is 39.5 Å². The van der Waals surface area contributed by atoms with Crippen molar-refractivity contribution in [1.82, 2.24) is 4.98 Å². The van der Waals surface area contributed by atoms with Crippen LogP contribution >= 0.6 is 11.3 Å². The van der Waals surface area contributed by atoms with Crippen LogP contribution in [0.4, 0.5) is 0 Å². The summed E-state index contributed by atoms with van der Waals surface area (Å²) in [6.07, 6.45) is 4.13. The third-order valence-electron chi connectivity index (χ3n) is 4.21. The Bertz CT molecular complexity index is 791. The molecule has 0 saturated heterocycles. The van der Waals surface area contributed by atoms with Crippen LogP contribution in [0.2, 0.25) is 0 Å². The second-order valence-electron chi connectivity index (χ2n) is 6.89. The van der Waals surface area contributed by atoms with Crippen molar-refractivity contribution in [3.05, 3.63) is 70.7 Å². The van der Waals surface area contributed by atoms with Gasteiger partial charge in [-0.1, -0.05) is 68.4 Å². The van der Waals surface area contributed by atoms with Gasteiger partial charge in [0.25, 0.3) is 0 Å². The molecule has 1 aromatic heterocycles. The first-order valence-electron chi connectivity index (χ1n) is 8.93. The number of hydrogen-bond donors (Lipinski definition) is 1. The summed E-state index contributed by atoms with van der Waals surface area (Å²) in [6, 6.07) is 18.9. The minimum atomic E-state index is 0.157. The van der Waals surface area contributed by atoms with Gasteiger partial charge in [-0.05, 0) is 48.3 Å². The number of rotatable bonds is 7. The van der Waals surface area contributed by atoms with E-state index in [1.807, 2.05) is 30.3 Å². The number of thiazole rings is 1. The summed E-state index contributed by atoms with van der Waals surface area (Å²) in [6.45, 7) is 4.50. The predicted octanol–water partition coefficient (Wildman–Crippen LogP) is 5.89. The number of hydrogen-bond acceptors (Lipinski definition) is 3. The third-order valence-corrected chi connectivity index (χ3v) is 5.37. The maximum Gasteiger partial charge on any atom is 0.230 e. The summed E-state index contributed by atoms with van der Waals surface area (Å²) in [5, 5.41) is 11.1. The van der Waals surface area contributed by atoms with E-state index >= 15 is 0 Å². The van der Waals surface area contributed by atoms with E-state index in [0.29, 0.717) is 5.92 Å². The molecule has 0 saturated carbocycles. The molecule has 0 radical (unpaired) electrons. The third kappa shape index (κ3) is 4.93. The highest BCUT2D eigenvalue weighted by Crippen LogP contribution is 2.35. The number of nitrogens with zero attached hydrogens (tertiary/aromatic N) is 1. The molecule has 1 N–H and O–H groups in total. The quantitative estimate of drug-likeness (QED) is 0.576. The van der Waals surface area contributed by atoms with Crippen molar-refractivity contribution in [2.75, 3.05) is 0 Å². The normalized spacial score (nSPS) is 11.2. The predicted molar refractivity (Wildman–Crippen MR) is 106 cm³/mol. The van der Waals surface area contributed by atoms with Crippen molar-refractivity contribution in [3.8, 4) is 16.3 Å². The monoisotopic (exact) mass is 351 g/mol. The molecule has 0 aliphatic heterocycles. The van der Waals surface area contributed by atoms with Crippen LogP contribution in [0, 0.1) is 5.92 Å². The van der Waals surface area contributed by atoms with Gasteiger partial charge in [-0.25, -0.2) is 4.98 Å². The molecule has 0 fully saturated rings. The van der Waals surface area contributed by atoms with Crippen LogP contribution in [0.3, 0.4) is 0 Å². The molecule has 0 aliphatic rings. The molecule has 0 aliphatic carbocycles. The molecule has 3 rings (SSSR count). The minimum Gasteiger partial charge on any atom is -0.492 e. The van der Waals surface area contributed by atoms with Gasteiger partial charge in [0.1, 0.15) is 0 Å². The Kier molecular flexibility index (Phi) is 5.87. The van der Waals surface area contributed by atoms with Crippen LogP contribution < -0.4 is 0 Å². The molecule has 3 aromatic rings. The van der Waals surface area contributed by atoms with Crippen LogP contribution in [0.25, 0.3) is 10.4 Å². The van der Waals surface area contributed by atoms with Gasteiger partial charge in [0.2, 0.25) is 5.88 Å². The Morgan fingerprint density at radius 2 is 1.60 bits per heavy atom. The van der Waals surface area contributed by atoms with Crippen molar-refractivity contribution in [1.29, 1.82) is 0 Å². The molecular weight excluding hydrogens is 326 g/mol. The van der Waals surface area contributed by atoms with E-state index in [9.17, 15) is 5.11 Å². The molecule has 2 nitrogen and oxygen atoms in total. The molecule has 1 heterocycles. The first-order chi connectivity index (χ1) is 12.1. The van der Waals surface area contributed by atoms with Crippen molar-refractivity contribution in [3.63, 3.8) is 0 Å². The Morgan fingerprint density at radius 1 is 0.920 bits per heavy atom. The molecule has 0 atom stereocenters. The van der Waals surface area contributed by atoms with E-state index in [0.717, 1.165) is 41.1 Å². The van der Waals surface area contributed by atoms with E-state index in [1.54, 1.807) is 11.3 Å². The zero-order valence-corrected chi connectivity index (χ0v) is 15.7. The van der Waals surface area contributed by atoms with Gasteiger partial charge in [0.15, 0.2) is 0 Å². The summed E-state index contributed by atoms with van der Waals surface area (Å²) in [7, 11) is 0. The second kappa shape index (κ2) is 8.30. The summed E-state index contributed by atoms with van der Waals surface area (Å²) in [5.41, 5.74) is 3.82. The maximum atomic E-state index is 10.1. The van der Waals surface area contributed by atoms with E-state index in [1.165, 1.54) is 11.1 Å². The fourth-order valence-electron chi connectivity index (χ4n) is 3.00. The van der Waals surface area contributed by atoms with Crippen LogP contribution in [0.5, 0.6) is 5.88 Å². The van der Waals surface area contributed by atoms with Gasteiger partial charge in [0.05, 0.1) is 9.88 Å². The summed E-state index contributed by atoms with van der Waals surface area (Å²) in [5.74, 6) is 0.853. The topological polar surface area (TPSA) is 33.1 Å². The first-order valence-corrected chi connectivity index (χ1v) is 9.75. The van der Waals surface area contributed by atoms with Gasteiger partial charge >= 0.3 is 0 Å². The smallest absolute Gasteiger partial charge is 0.230 e. The van der Waals surface area contributed by atoms with E-state index in [2.05, 4.69) is 43.1 Å². The van der Waals surface area contributed by atoms with Gasteiger partial charge in [-0.3, -0.25) is 0 Å². The van der Waals surface area contributed by atoms with Crippen LogP contribution in [-0.4, -0.2) is 10.1 Å². The molecule has 0 unspecified atom stereocenters. The average Bonchev–Trinajstić information content (AvgIpc) is 2.97. The number of aryl methyl sites for hydroxylation is 2. The molecule has 3 heteroatoms. The average molecular weight is 352 g/mol. The molecule has 0 amide bonds. The standard InChI is InChI=1S/C22H25NOS/c1-16(2)15-18-13-11-17(12-14-18)7-6-10-20-23-22(24)21(25-20)19-8-4-3-5-9-19/h3-5,8-9,11-14,16,24H,6-7,10,15H2,1-2H3. The zero-order chi connectivity index (χ0) is 17.6. The van der Waals surface area contributed by atoms with Crippen LogP contribution in [0.15, 0.2) is 54.6 Å². The lowest BCUT2D eigenvalue weighted by Crippen LogP contribution is -1.95. The Morgan fingerprint density at radius 3 is 2.28 bits per heavy atom. The Hall–Kier alpha value is -2.13. The maximum absolute atomic E-state index is 10.1. The largest absolute Gasteiger partial charge is 0.492 e. The number of benzene rings is 2. The highest BCUT2D eigenvalue weighted by Gasteiger charge is 2.11. The van der Waals surface area contributed by atoms with Gasteiger partial charge in [-0.15, -0.1) is 11.3 Å². The molecule has 2 aromatic carbocycles. The highest BCUT2D eigenvalue weighted by atomic mass is 32.1. The fraction of sp³-hybridized carbons (Fsp3) is 0.318. The molecule has 0 bridgehead atoms. The van der Waals surface area contributed by atoms with Gasteiger partial charge in [0, 0.05) is 0 Å². The Labute approximate surface area is 154 Å². The summed E-state index contributed by atoms with van der Waals surface area (Å²) in [4.78, 5) is 5.21. The van der Waals surface area contributed by atoms with E-state index < -0.39 is 0 Å². The van der Waals surface area contributed by atoms with E-state index in [-0.39, 0.29) is 5.88 Å². The van der Waals surface area contributed by atoms with Crippen LogP contribution in [-0.2, 0) is 19.3 Å². The Balaban J connectivity index is 1.56.